The highest BCUT2D eigenvalue weighted by atomic mass is 16.2. The van der Waals surface area contributed by atoms with Gasteiger partial charge in [-0.15, -0.1) is 0 Å². The molecule has 4 rings (SSSR count). The normalized spacial score (nSPS) is 14.5. The molecular weight excluding hydrogens is 386 g/mol. The molecule has 5 nitrogen and oxygen atoms in total. The van der Waals surface area contributed by atoms with Crippen molar-refractivity contribution < 1.29 is 9.59 Å². The zero-order valence-electron chi connectivity index (χ0n) is 17.7. The SMILES string of the molecule is C[C@H](NCC(=O)Nc1ccc(N2CCCC2=O)cc1)c1ccc(-c2ccccc2)cc1. The molecule has 2 N–H and O–H groups in total. The van der Waals surface area contributed by atoms with Gasteiger partial charge in [0.25, 0.3) is 0 Å². The first-order chi connectivity index (χ1) is 15.1. The summed E-state index contributed by atoms with van der Waals surface area (Å²) >= 11 is 0. The maximum Gasteiger partial charge on any atom is 0.238 e. The van der Waals surface area contributed by atoms with E-state index < -0.39 is 0 Å². The molecule has 5 heteroatoms. The van der Waals surface area contributed by atoms with Gasteiger partial charge in [-0.05, 0) is 54.3 Å². The summed E-state index contributed by atoms with van der Waals surface area (Å²) < 4.78 is 0. The van der Waals surface area contributed by atoms with Gasteiger partial charge in [-0.25, -0.2) is 0 Å². The minimum atomic E-state index is -0.0993. The van der Waals surface area contributed by atoms with Crippen LogP contribution in [0, 0.1) is 0 Å². The standard InChI is InChI=1S/C26H27N3O2/c1-19(20-9-11-22(12-10-20)21-6-3-2-4-7-21)27-18-25(30)28-23-13-15-24(16-14-23)29-17-5-8-26(29)31/h2-4,6-7,9-16,19,27H,5,8,17-18H2,1H3,(H,28,30)/t19-/m0/s1. The Bertz CT molecular complexity index is 1030. The smallest absolute Gasteiger partial charge is 0.238 e. The fourth-order valence-electron chi connectivity index (χ4n) is 3.81. The molecule has 0 bridgehead atoms. The van der Waals surface area contributed by atoms with E-state index in [1.165, 1.54) is 11.1 Å². The summed E-state index contributed by atoms with van der Waals surface area (Å²) in [6, 6.07) is 26.2. The summed E-state index contributed by atoms with van der Waals surface area (Å²) in [7, 11) is 0. The van der Waals surface area contributed by atoms with Gasteiger partial charge in [0.05, 0.1) is 6.54 Å². The van der Waals surface area contributed by atoms with Crippen molar-refractivity contribution in [2.75, 3.05) is 23.3 Å². The van der Waals surface area contributed by atoms with E-state index in [-0.39, 0.29) is 24.4 Å². The van der Waals surface area contributed by atoms with Crippen molar-refractivity contribution in [3.63, 3.8) is 0 Å². The monoisotopic (exact) mass is 413 g/mol. The Morgan fingerprint density at radius 1 is 0.935 bits per heavy atom. The van der Waals surface area contributed by atoms with E-state index in [0.717, 1.165) is 29.9 Å². The van der Waals surface area contributed by atoms with E-state index in [1.54, 1.807) is 4.90 Å². The summed E-state index contributed by atoms with van der Waals surface area (Å²) in [5, 5.41) is 6.18. The summed E-state index contributed by atoms with van der Waals surface area (Å²) in [5.41, 5.74) is 5.10. The zero-order valence-corrected chi connectivity index (χ0v) is 17.7. The Kier molecular flexibility index (Phi) is 6.43. The van der Waals surface area contributed by atoms with Gasteiger partial charge in [0, 0.05) is 30.4 Å². The van der Waals surface area contributed by atoms with Crippen LogP contribution in [0.5, 0.6) is 0 Å². The Hall–Kier alpha value is -3.44. The van der Waals surface area contributed by atoms with Crippen LogP contribution in [0.3, 0.4) is 0 Å². The van der Waals surface area contributed by atoms with E-state index >= 15 is 0 Å². The van der Waals surface area contributed by atoms with E-state index in [4.69, 9.17) is 0 Å². The molecule has 2 amide bonds. The predicted octanol–water partition coefficient (Wildman–Crippen LogP) is 4.77. The molecule has 1 aliphatic heterocycles. The van der Waals surface area contributed by atoms with Gasteiger partial charge < -0.3 is 15.5 Å². The van der Waals surface area contributed by atoms with Crippen LogP contribution in [0.2, 0.25) is 0 Å². The number of amides is 2. The Labute approximate surface area is 183 Å². The third-order valence-electron chi connectivity index (χ3n) is 5.62. The maximum absolute atomic E-state index is 12.3. The molecule has 1 atom stereocenters. The van der Waals surface area contributed by atoms with Crippen molar-refractivity contribution in [1.29, 1.82) is 0 Å². The minimum absolute atomic E-state index is 0.0547. The highest BCUT2D eigenvalue weighted by molar-refractivity contribution is 5.96. The van der Waals surface area contributed by atoms with Crippen LogP contribution < -0.4 is 15.5 Å². The Morgan fingerprint density at radius 3 is 2.26 bits per heavy atom. The van der Waals surface area contributed by atoms with Crippen molar-refractivity contribution >= 4 is 23.2 Å². The second-order valence-corrected chi connectivity index (χ2v) is 7.83. The highest BCUT2D eigenvalue weighted by Gasteiger charge is 2.21. The molecule has 31 heavy (non-hydrogen) atoms. The number of rotatable bonds is 7. The molecule has 0 aromatic heterocycles. The highest BCUT2D eigenvalue weighted by Crippen LogP contribution is 2.23. The molecule has 0 saturated carbocycles. The number of nitrogens with zero attached hydrogens (tertiary/aromatic N) is 1. The predicted molar refractivity (Wildman–Crippen MR) is 125 cm³/mol. The van der Waals surface area contributed by atoms with E-state index in [2.05, 4.69) is 47.0 Å². The number of carbonyl (C=O) groups excluding carboxylic acids is 2. The van der Waals surface area contributed by atoms with Crippen LogP contribution in [0.15, 0.2) is 78.9 Å². The first-order valence-electron chi connectivity index (χ1n) is 10.7. The number of nitrogens with one attached hydrogen (secondary N) is 2. The van der Waals surface area contributed by atoms with Crippen LogP contribution in [0.4, 0.5) is 11.4 Å². The molecule has 3 aromatic rings. The first-order valence-corrected chi connectivity index (χ1v) is 10.7. The third-order valence-corrected chi connectivity index (χ3v) is 5.62. The molecule has 3 aromatic carbocycles. The number of anilines is 2. The molecule has 0 spiro atoms. The topological polar surface area (TPSA) is 61.4 Å². The van der Waals surface area contributed by atoms with Crippen LogP contribution in [-0.2, 0) is 9.59 Å². The van der Waals surface area contributed by atoms with Crippen LogP contribution in [0.25, 0.3) is 11.1 Å². The number of hydrogen-bond acceptors (Lipinski definition) is 3. The van der Waals surface area contributed by atoms with Gasteiger partial charge in [-0.1, -0.05) is 54.6 Å². The minimum Gasteiger partial charge on any atom is -0.325 e. The van der Waals surface area contributed by atoms with Gasteiger partial charge in [0.15, 0.2) is 0 Å². The van der Waals surface area contributed by atoms with Crippen molar-refractivity contribution in [3.8, 4) is 11.1 Å². The molecular formula is C26H27N3O2. The summed E-state index contributed by atoms with van der Waals surface area (Å²) in [6.07, 6.45) is 1.51. The van der Waals surface area contributed by atoms with Crippen molar-refractivity contribution in [2.24, 2.45) is 0 Å². The largest absolute Gasteiger partial charge is 0.325 e. The average Bonchev–Trinajstić information content (AvgIpc) is 3.24. The second kappa shape index (κ2) is 9.58. The van der Waals surface area contributed by atoms with Crippen molar-refractivity contribution in [3.05, 3.63) is 84.4 Å². The lowest BCUT2D eigenvalue weighted by Gasteiger charge is -2.17. The van der Waals surface area contributed by atoms with Gasteiger partial charge in [0.2, 0.25) is 11.8 Å². The number of carbonyl (C=O) groups is 2. The van der Waals surface area contributed by atoms with Crippen LogP contribution in [0.1, 0.15) is 31.4 Å². The third kappa shape index (κ3) is 5.19. The maximum atomic E-state index is 12.3. The average molecular weight is 414 g/mol. The zero-order chi connectivity index (χ0) is 21.6. The molecule has 0 radical (unpaired) electrons. The molecule has 1 aliphatic rings. The van der Waals surface area contributed by atoms with Gasteiger partial charge >= 0.3 is 0 Å². The second-order valence-electron chi connectivity index (χ2n) is 7.83. The fraction of sp³-hybridized carbons (Fsp3) is 0.231. The van der Waals surface area contributed by atoms with Crippen LogP contribution >= 0.6 is 0 Å². The Balaban J connectivity index is 1.28. The lowest BCUT2D eigenvalue weighted by Crippen LogP contribution is -2.30. The molecule has 158 valence electrons. The number of benzene rings is 3. The molecule has 1 heterocycles. The van der Waals surface area contributed by atoms with Crippen molar-refractivity contribution in [1.82, 2.24) is 5.32 Å². The molecule has 1 fully saturated rings. The quantitative estimate of drug-likeness (QED) is 0.587. The summed E-state index contributed by atoms with van der Waals surface area (Å²) in [5.74, 6) is 0.0597. The van der Waals surface area contributed by atoms with E-state index in [9.17, 15) is 9.59 Å². The summed E-state index contributed by atoms with van der Waals surface area (Å²) in [6.45, 7) is 3.03. The Morgan fingerprint density at radius 2 is 1.61 bits per heavy atom. The van der Waals surface area contributed by atoms with Gasteiger partial charge in [0.1, 0.15) is 0 Å². The molecule has 0 unspecified atom stereocenters. The van der Waals surface area contributed by atoms with E-state index in [0.29, 0.717) is 6.42 Å². The lowest BCUT2D eigenvalue weighted by atomic mass is 10.0. The molecule has 1 saturated heterocycles. The van der Waals surface area contributed by atoms with Crippen LogP contribution in [-0.4, -0.2) is 24.9 Å². The van der Waals surface area contributed by atoms with E-state index in [1.807, 2.05) is 49.4 Å². The lowest BCUT2D eigenvalue weighted by molar-refractivity contribution is -0.117. The number of hydrogen-bond donors (Lipinski definition) is 2. The fourth-order valence-corrected chi connectivity index (χ4v) is 3.81. The van der Waals surface area contributed by atoms with Gasteiger partial charge in [-0.2, -0.15) is 0 Å². The van der Waals surface area contributed by atoms with Crippen molar-refractivity contribution in [2.45, 2.75) is 25.8 Å². The first kappa shape index (κ1) is 20.8. The summed E-state index contributed by atoms with van der Waals surface area (Å²) in [4.78, 5) is 26.0. The molecule has 0 aliphatic carbocycles. The van der Waals surface area contributed by atoms with Gasteiger partial charge in [-0.3, -0.25) is 9.59 Å².